The molecule has 2 aliphatic rings. The van der Waals surface area contributed by atoms with E-state index < -0.39 is 60.5 Å². The van der Waals surface area contributed by atoms with E-state index >= 15 is 0 Å². The van der Waals surface area contributed by atoms with Crippen LogP contribution in [0.4, 0.5) is 0 Å². The Morgan fingerprint density at radius 1 is 0.654 bits per heavy atom. The van der Waals surface area contributed by atoms with E-state index in [4.69, 9.17) is 40.6 Å². The SMILES string of the molecule is CC(=O)O[C@@H]1[C@H](OC(C)=O)[C@H](OC(C)=O)[C@H]2OC(=S)O[C@H]2[C@@H]1OC(C)=O. The molecule has 2 rings (SSSR count). The fraction of sp³-hybridized carbons (Fsp3) is 0.667. The molecule has 0 aromatic rings. The van der Waals surface area contributed by atoms with Gasteiger partial charge in [0.15, 0.2) is 36.6 Å². The molecule has 2 fully saturated rings. The van der Waals surface area contributed by atoms with E-state index in [1.165, 1.54) is 0 Å². The molecule has 1 aliphatic heterocycles. The van der Waals surface area contributed by atoms with Crippen LogP contribution in [0.1, 0.15) is 27.7 Å². The van der Waals surface area contributed by atoms with Gasteiger partial charge in [-0.25, -0.2) is 0 Å². The van der Waals surface area contributed by atoms with E-state index in [1.54, 1.807) is 0 Å². The fourth-order valence-corrected chi connectivity index (χ4v) is 3.17. The van der Waals surface area contributed by atoms with Gasteiger partial charge in [-0.3, -0.25) is 19.2 Å². The number of fused-ring (bicyclic) bond motifs is 1. The van der Waals surface area contributed by atoms with Crippen LogP contribution in [0.25, 0.3) is 0 Å². The van der Waals surface area contributed by atoms with Gasteiger partial charge < -0.3 is 28.4 Å². The third-order valence-corrected chi connectivity index (χ3v) is 3.81. The lowest BCUT2D eigenvalue weighted by atomic mass is 9.84. The van der Waals surface area contributed by atoms with Crippen LogP contribution in [-0.4, -0.2) is 65.7 Å². The molecular formula is C15H18O10S. The summed E-state index contributed by atoms with van der Waals surface area (Å²) in [7, 11) is 0. The number of rotatable bonds is 4. The van der Waals surface area contributed by atoms with Gasteiger partial charge in [0.2, 0.25) is 0 Å². The van der Waals surface area contributed by atoms with Gasteiger partial charge in [0, 0.05) is 39.9 Å². The average Bonchev–Trinajstić information content (AvgIpc) is 2.86. The third kappa shape index (κ3) is 4.40. The summed E-state index contributed by atoms with van der Waals surface area (Å²) >= 11 is 4.88. The lowest BCUT2D eigenvalue weighted by molar-refractivity contribution is -0.234. The monoisotopic (exact) mass is 390 g/mol. The van der Waals surface area contributed by atoms with Crippen LogP contribution in [0.3, 0.4) is 0 Å². The number of ether oxygens (including phenoxy) is 6. The molecule has 0 amide bonds. The van der Waals surface area contributed by atoms with Gasteiger partial charge in [0.1, 0.15) is 0 Å². The van der Waals surface area contributed by atoms with Crippen molar-refractivity contribution >= 4 is 41.3 Å². The minimum atomic E-state index is -1.30. The standard InChI is InChI=1S/C15H18O10S/c1-5(16)20-9-10(21-6(2)17)12(23-8(4)19)14-13(24-15(26)25-14)11(9)22-7(3)18/h9-14H,1-4H3/t9-,10+,11-,12+,13+,14-. The van der Waals surface area contributed by atoms with Crippen LogP contribution in [0, 0.1) is 0 Å². The Hall–Kier alpha value is -2.43. The van der Waals surface area contributed by atoms with E-state index in [0.717, 1.165) is 27.7 Å². The molecule has 11 heteroatoms. The summed E-state index contributed by atoms with van der Waals surface area (Å²) in [5, 5.41) is -0.264. The second-order valence-corrected chi connectivity index (χ2v) is 6.04. The molecule has 1 heterocycles. The van der Waals surface area contributed by atoms with Crippen LogP contribution in [0.5, 0.6) is 0 Å². The molecule has 0 bridgehead atoms. The summed E-state index contributed by atoms with van der Waals surface area (Å²) in [4.78, 5) is 46.1. The highest BCUT2D eigenvalue weighted by molar-refractivity contribution is 7.79. The molecule has 0 N–H and O–H groups in total. The first kappa shape index (κ1) is 19.9. The molecule has 1 aliphatic carbocycles. The molecule has 0 spiro atoms. The molecule has 6 atom stereocenters. The Bertz CT molecular complexity index is 580. The lowest BCUT2D eigenvalue weighted by Gasteiger charge is -2.43. The molecule has 26 heavy (non-hydrogen) atoms. The predicted octanol–water partition coefficient (Wildman–Crippen LogP) is -0.204. The van der Waals surface area contributed by atoms with E-state index in [2.05, 4.69) is 0 Å². The Morgan fingerprint density at radius 3 is 1.19 bits per heavy atom. The molecule has 10 nitrogen and oxygen atoms in total. The molecule has 144 valence electrons. The third-order valence-electron chi connectivity index (χ3n) is 3.62. The van der Waals surface area contributed by atoms with Gasteiger partial charge in [0.25, 0.3) is 0 Å². The molecule has 0 aromatic carbocycles. The van der Waals surface area contributed by atoms with Gasteiger partial charge in [-0.05, 0) is 0 Å². The van der Waals surface area contributed by atoms with Crippen LogP contribution in [0.2, 0.25) is 0 Å². The van der Waals surface area contributed by atoms with E-state index in [-0.39, 0.29) is 5.24 Å². The predicted molar refractivity (Wildman–Crippen MR) is 84.6 cm³/mol. The Balaban J connectivity index is 2.49. The summed E-state index contributed by atoms with van der Waals surface area (Å²) in [6, 6.07) is 0. The zero-order chi connectivity index (χ0) is 19.6. The van der Waals surface area contributed by atoms with Gasteiger partial charge >= 0.3 is 29.1 Å². The van der Waals surface area contributed by atoms with Crippen molar-refractivity contribution in [3.8, 4) is 0 Å². The number of esters is 4. The van der Waals surface area contributed by atoms with Crippen molar-refractivity contribution in [1.82, 2.24) is 0 Å². The highest BCUT2D eigenvalue weighted by atomic mass is 32.1. The maximum absolute atomic E-state index is 11.6. The first-order valence-electron chi connectivity index (χ1n) is 7.66. The zero-order valence-electron chi connectivity index (χ0n) is 14.5. The molecule has 0 aromatic heterocycles. The highest BCUT2D eigenvalue weighted by Crippen LogP contribution is 2.37. The lowest BCUT2D eigenvalue weighted by Crippen LogP contribution is -2.66. The van der Waals surface area contributed by atoms with Crippen molar-refractivity contribution in [1.29, 1.82) is 0 Å². The van der Waals surface area contributed by atoms with Crippen LogP contribution in [-0.2, 0) is 47.6 Å². The van der Waals surface area contributed by atoms with E-state index in [0.29, 0.717) is 0 Å². The summed E-state index contributed by atoms with van der Waals surface area (Å²) in [5.41, 5.74) is 0. The van der Waals surface area contributed by atoms with Crippen molar-refractivity contribution in [2.45, 2.75) is 64.3 Å². The number of thiocarbonyl (C=S) groups is 1. The second-order valence-electron chi connectivity index (χ2n) is 5.71. The smallest absolute Gasteiger partial charge is 0.353 e. The average molecular weight is 390 g/mol. The summed E-state index contributed by atoms with van der Waals surface area (Å²) in [5.74, 6) is -2.85. The minimum absolute atomic E-state index is 0.264. The largest absolute Gasteiger partial charge is 0.454 e. The number of hydrogen-bond acceptors (Lipinski definition) is 11. The Kier molecular flexibility index (Phi) is 6.01. The highest BCUT2D eigenvalue weighted by Gasteiger charge is 2.62. The van der Waals surface area contributed by atoms with Gasteiger partial charge in [-0.1, -0.05) is 0 Å². The molecular weight excluding hydrogens is 372 g/mol. The summed E-state index contributed by atoms with van der Waals surface area (Å²) < 4.78 is 31.6. The topological polar surface area (TPSA) is 124 Å². The maximum Gasteiger partial charge on any atom is 0.353 e. The number of carbonyl (C=O) groups excluding carboxylic acids is 4. The molecule has 0 radical (unpaired) electrons. The van der Waals surface area contributed by atoms with E-state index in [1.807, 2.05) is 0 Å². The Labute approximate surface area is 154 Å². The van der Waals surface area contributed by atoms with Crippen molar-refractivity contribution in [2.24, 2.45) is 0 Å². The second kappa shape index (κ2) is 7.85. The first-order valence-corrected chi connectivity index (χ1v) is 8.07. The van der Waals surface area contributed by atoms with Gasteiger partial charge in [-0.15, -0.1) is 0 Å². The van der Waals surface area contributed by atoms with Crippen LogP contribution >= 0.6 is 12.2 Å². The molecule has 1 saturated carbocycles. The first-order chi connectivity index (χ1) is 12.1. The Morgan fingerprint density at radius 2 is 0.923 bits per heavy atom. The molecule has 1 saturated heterocycles. The molecule has 0 unspecified atom stereocenters. The van der Waals surface area contributed by atoms with Crippen molar-refractivity contribution in [3.05, 3.63) is 0 Å². The normalized spacial score (nSPS) is 32.4. The minimum Gasteiger partial charge on any atom is -0.454 e. The maximum atomic E-state index is 11.6. The van der Waals surface area contributed by atoms with Gasteiger partial charge in [-0.2, -0.15) is 0 Å². The number of hydrogen-bond donors (Lipinski definition) is 0. The summed E-state index contributed by atoms with van der Waals surface area (Å²) in [6.07, 6.45) is -7.03. The van der Waals surface area contributed by atoms with Crippen molar-refractivity contribution < 1.29 is 47.6 Å². The number of carbonyl (C=O) groups is 4. The van der Waals surface area contributed by atoms with Crippen molar-refractivity contribution in [2.75, 3.05) is 0 Å². The zero-order valence-corrected chi connectivity index (χ0v) is 15.3. The summed E-state index contributed by atoms with van der Waals surface area (Å²) in [6.45, 7) is 4.54. The van der Waals surface area contributed by atoms with Gasteiger partial charge in [0.05, 0.1) is 0 Å². The van der Waals surface area contributed by atoms with Crippen molar-refractivity contribution in [3.63, 3.8) is 0 Å². The van der Waals surface area contributed by atoms with Crippen LogP contribution in [0.15, 0.2) is 0 Å². The van der Waals surface area contributed by atoms with Crippen LogP contribution < -0.4 is 0 Å². The van der Waals surface area contributed by atoms with E-state index in [9.17, 15) is 19.2 Å². The fourth-order valence-electron chi connectivity index (χ4n) is 2.94. The quantitative estimate of drug-likeness (QED) is 0.360.